The molecule has 1 aromatic carbocycles. The zero-order valence-corrected chi connectivity index (χ0v) is 12.1. The Morgan fingerprint density at radius 2 is 2.11 bits per heavy atom. The number of ether oxygens (including phenoxy) is 1. The predicted molar refractivity (Wildman–Crippen MR) is 74.0 cm³/mol. The molecule has 1 rings (SSSR count). The van der Waals surface area contributed by atoms with E-state index in [0.717, 1.165) is 6.42 Å². The number of hydrogen-bond acceptors (Lipinski definition) is 2. The first-order valence-corrected chi connectivity index (χ1v) is 6.67. The third-order valence-electron chi connectivity index (χ3n) is 2.59. The molecule has 0 aliphatic rings. The van der Waals surface area contributed by atoms with Crippen LogP contribution in [0.4, 0.5) is 4.39 Å². The van der Waals surface area contributed by atoms with E-state index in [0.29, 0.717) is 12.5 Å². The monoisotopic (exact) mass is 287 g/mol. The van der Waals surface area contributed by atoms with Crippen molar-refractivity contribution < 1.29 is 13.9 Å². The summed E-state index contributed by atoms with van der Waals surface area (Å²) >= 11 is 5.57. The molecule has 0 radical (unpaired) electrons. The Labute approximate surface area is 118 Å². The maximum absolute atomic E-state index is 13.2. The van der Waals surface area contributed by atoms with Crippen LogP contribution in [0.1, 0.15) is 27.2 Å². The maximum atomic E-state index is 13.2. The number of carbonyl (C=O) groups excluding carboxylic acids is 1. The smallest absolute Gasteiger partial charge is 0.260 e. The number of rotatable bonds is 6. The topological polar surface area (TPSA) is 38.3 Å². The zero-order valence-electron chi connectivity index (χ0n) is 11.4. The second-order valence-electron chi connectivity index (χ2n) is 4.81. The fourth-order valence-electron chi connectivity index (χ4n) is 1.44. The van der Waals surface area contributed by atoms with Gasteiger partial charge in [0.1, 0.15) is 11.6 Å². The molecule has 1 aromatic rings. The fourth-order valence-corrected chi connectivity index (χ4v) is 1.55. The van der Waals surface area contributed by atoms with E-state index in [-0.39, 0.29) is 16.7 Å². The Bertz CT molecular complexity index is 437. The standard InChI is InChI=1S/C14H19ClFNO2/c1-9(2)6-7-17-14(18)10(3)19-11-4-5-12(15)13(16)8-11/h4-5,8-10H,6-7H2,1-3H3,(H,17,18). The SMILES string of the molecule is CC(C)CCNC(=O)C(C)Oc1ccc(Cl)c(F)c1. The van der Waals surface area contributed by atoms with Gasteiger partial charge in [-0.3, -0.25) is 4.79 Å². The molecule has 0 saturated carbocycles. The molecule has 0 aliphatic carbocycles. The van der Waals surface area contributed by atoms with Crippen molar-refractivity contribution in [3.8, 4) is 5.75 Å². The summed E-state index contributed by atoms with van der Waals surface area (Å²) in [7, 11) is 0. The molecule has 0 aliphatic heterocycles. The fraction of sp³-hybridized carbons (Fsp3) is 0.500. The third-order valence-corrected chi connectivity index (χ3v) is 2.90. The zero-order chi connectivity index (χ0) is 14.4. The van der Waals surface area contributed by atoms with Crippen LogP contribution in [0.5, 0.6) is 5.75 Å². The van der Waals surface area contributed by atoms with Crippen molar-refractivity contribution in [3.63, 3.8) is 0 Å². The van der Waals surface area contributed by atoms with Gasteiger partial charge >= 0.3 is 0 Å². The van der Waals surface area contributed by atoms with Crippen LogP contribution >= 0.6 is 11.6 Å². The molecule has 5 heteroatoms. The number of carbonyl (C=O) groups is 1. The average molecular weight is 288 g/mol. The summed E-state index contributed by atoms with van der Waals surface area (Å²) in [6, 6.07) is 4.10. The highest BCUT2D eigenvalue weighted by atomic mass is 35.5. The summed E-state index contributed by atoms with van der Waals surface area (Å²) in [5, 5.41) is 2.81. The quantitative estimate of drug-likeness (QED) is 0.871. The summed E-state index contributed by atoms with van der Waals surface area (Å²) in [5.41, 5.74) is 0. The van der Waals surface area contributed by atoms with Crippen LogP contribution in [-0.2, 0) is 4.79 Å². The van der Waals surface area contributed by atoms with Crippen molar-refractivity contribution in [1.82, 2.24) is 5.32 Å². The Balaban J connectivity index is 2.47. The summed E-state index contributed by atoms with van der Waals surface area (Å²) in [6.45, 7) is 6.40. The lowest BCUT2D eigenvalue weighted by molar-refractivity contribution is -0.127. The number of amides is 1. The summed E-state index contributed by atoms with van der Waals surface area (Å²) in [5.74, 6) is 0.0397. The van der Waals surface area contributed by atoms with Gasteiger partial charge in [0.15, 0.2) is 6.10 Å². The van der Waals surface area contributed by atoms with E-state index >= 15 is 0 Å². The number of halogens is 2. The normalized spacial score (nSPS) is 12.3. The van der Waals surface area contributed by atoms with Gasteiger partial charge in [-0.15, -0.1) is 0 Å². The van der Waals surface area contributed by atoms with Crippen molar-refractivity contribution in [2.45, 2.75) is 33.3 Å². The molecule has 3 nitrogen and oxygen atoms in total. The van der Waals surface area contributed by atoms with Crippen LogP contribution < -0.4 is 10.1 Å². The van der Waals surface area contributed by atoms with Gasteiger partial charge in [-0.05, 0) is 31.4 Å². The van der Waals surface area contributed by atoms with Crippen molar-refractivity contribution in [2.24, 2.45) is 5.92 Å². The van der Waals surface area contributed by atoms with Crippen LogP contribution in [0.3, 0.4) is 0 Å². The van der Waals surface area contributed by atoms with E-state index in [2.05, 4.69) is 19.2 Å². The molecular weight excluding hydrogens is 269 g/mol. The van der Waals surface area contributed by atoms with Crippen molar-refractivity contribution in [3.05, 3.63) is 29.0 Å². The van der Waals surface area contributed by atoms with E-state index in [1.54, 1.807) is 6.92 Å². The molecule has 106 valence electrons. The summed E-state index contributed by atoms with van der Waals surface area (Å²) in [6.07, 6.45) is 0.237. The van der Waals surface area contributed by atoms with Crippen molar-refractivity contribution in [1.29, 1.82) is 0 Å². The van der Waals surface area contributed by atoms with E-state index < -0.39 is 11.9 Å². The Morgan fingerprint density at radius 3 is 2.68 bits per heavy atom. The first-order chi connectivity index (χ1) is 8.90. The number of hydrogen-bond donors (Lipinski definition) is 1. The van der Waals surface area contributed by atoms with Crippen molar-refractivity contribution >= 4 is 17.5 Å². The van der Waals surface area contributed by atoms with Crippen LogP contribution in [-0.4, -0.2) is 18.6 Å². The van der Waals surface area contributed by atoms with E-state index in [9.17, 15) is 9.18 Å². The Kier molecular flexibility index (Phi) is 6.09. The number of nitrogens with one attached hydrogen (secondary N) is 1. The van der Waals surface area contributed by atoms with E-state index in [4.69, 9.17) is 16.3 Å². The van der Waals surface area contributed by atoms with E-state index in [1.165, 1.54) is 18.2 Å². The lowest BCUT2D eigenvalue weighted by atomic mass is 10.1. The highest BCUT2D eigenvalue weighted by Crippen LogP contribution is 2.21. The highest BCUT2D eigenvalue weighted by Gasteiger charge is 2.14. The lowest BCUT2D eigenvalue weighted by Gasteiger charge is -2.15. The second-order valence-corrected chi connectivity index (χ2v) is 5.22. The molecule has 0 heterocycles. The van der Waals surface area contributed by atoms with Gasteiger partial charge in [-0.1, -0.05) is 25.4 Å². The van der Waals surface area contributed by atoms with Gasteiger partial charge in [0.2, 0.25) is 0 Å². The molecule has 1 unspecified atom stereocenters. The van der Waals surface area contributed by atoms with Crippen LogP contribution in [0.15, 0.2) is 18.2 Å². The molecule has 0 fully saturated rings. The molecular formula is C14H19ClFNO2. The lowest BCUT2D eigenvalue weighted by Crippen LogP contribution is -2.37. The van der Waals surface area contributed by atoms with Crippen LogP contribution in [0.25, 0.3) is 0 Å². The minimum Gasteiger partial charge on any atom is -0.481 e. The van der Waals surface area contributed by atoms with Gasteiger partial charge in [-0.2, -0.15) is 0 Å². The molecule has 0 spiro atoms. The Hall–Kier alpha value is -1.29. The molecule has 1 amide bonds. The molecule has 0 aromatic heterocycles. The minimum absolute atomic E-state index is 0.0291. The van der Waals surface area contributed by atoms with Crippen LogP contribution in [0.2, 0.25) is 5.02 Å². The molecule has 1 N–H and O–H groups in total. The van der Waals surface area contributed by atoms with Gasteiger partial charge < -0.3 is 10.1 Å². The van der Waals surface area contributed by atoms with Crippen molar-refractivity contribution in [2.75, 3.05) is 6.54 Å². The van der Waals surface area contributed by atoms with E-state index in [1.807, 2.05) is 0 Å². The molecule has 1 atom stereocenters. The predicted octanol–water partition coefficient (Wildman–Crippen LogP) is 3.41. The van der Waals surface area contributed by atoms with Gasteiger partial charge in [0, 0.05) is 12.6 Å². The first kappa shape index (κ1) is 15.8. The minimum atomic E-state index is -0.673. The molecule has 19 heavy (non-hydrogen) atoms. The van der Waals surface area contributed by atoms with Gasteiger partial charge in [-0.25, -0.2) is 4.39 Å². The van der Waals surface area contributed by atoms with Gasteiger partial charge in [0.25, 0.3) is 5.91 Å². The first-order valence-electron chi connectivity index (χ1n) is 6.29. The molecule has 0 bridgehead atoms. The van der Waals surface area contributed by atoms with Gasteiger partial charge in [0.05, 0.1) is 5.02 Å². The Morgan fingerprint density at radius 1 is 1.42 bits per heavy atom. The van der Waals surface area contributed by atoms with Crippen LogP contribution in [0, 0.1) is 11.7 Å². The maximum Gasteiger partial charge on any atom is 0.260 e. The second kappa shape index (κ2) is 7.34. The largest absolute Gasteiger partial charge is 0.481 e. The number of benzene rings is 1. The third kappa shape index (κ3) is 5.47. The summed E-state index contributed by atoms with van der Waals surface area (Å²) < 4.78 is 18.6. The summed E-state index contributed by atoms with van der Waals surface area (Å²) in [4.78, 5) is 11.7. The molecule has 0 saturated heterocycles. The average Bonchev–Trinajstić information content (AvgIpc) is 2.33. The highest BCUT2D eigenvalue weighted by molar-refractivity contribution is 6.30.